The molecular formula is C22H24N2O2. The highest BCUT2D eigenvalue weighted by Crippen LogP contribution is 2.27. The number of furan rings is 1. The molecule has 2 aromatic heterocycles. The maximum absolute atomic E-state index is 13.2. The zero-order valence-corrected chi connectivity index (χ0v) is 14.9. The second kappa shape index (κ2) is 7.73. The Labute approximate surface area is 153 Å². The zero-order valence-electron chi connectivity index (χ0n) is 14.9. The third-order valence-corrected chi connectivity index (χ3v) is 5.22. The van der Waals surface area contributed by atoms with E-state index in [0.717, 1.165) is 23.1 Å². The predicted octanol–water partition coefficient (Wildman–Crippen LogP) is 5.05. The van der Waals surface area contributed by atoms with Gasteiger partial charge in [-0.2, -0.15) is 0 Å². The second-order valence-corrected chi connectivity index (χ2v) is 7.20. The number of hydrogen-bond donors (Lipinski definition) is 0. The number of pyridine rings is 1. The van der Waals surface area contributed by atoms with Gasteiger partial charge >= 0.3 is 0 Å². The maximum atomic E-state index is 13.2. The molecule has 134 valence electrons. The fraction of sp³-hybridized carbons (Fsp3) is 0.364. The minimum atomic E-state index is -0.0318. The van der Waals surface area contributed by atoms with Crippen LogP contribution in [0.4, 0.5) is 0 Å². The molecule has 0 N–H and O–H groups in total. The van der Waals surface area contributed by atoms with Crippen molar-refractivity contribution in [2.45, 2.75) is 38.6 Å². The number of amides is 1. The smallest absolute Gasteiger partial charge is 0.289 e. The molecule has 2 heterocycles. The second-order valence-electron chi connectivity index (χ2n) is 7.20. The summed E-state index contributed by atoms with van der Waals surface area (Å²) in [5.41, 5.74) is 1.81. The van der Waals surface area contributed by atoms with Gasteiger partial charge < -0.3 is 9.32 Å². The van der Waals surface area contributed by atoms with E-state index in [9.17, 15) is 4.79 Å². The Morgan fingerprint density at radius 1 is 1.12 bits per heavy atom. The molecular weight excluding hydrogens is 324 g/mol. The predicted molar refractivity (Wildman–Crippen MR) is 102 cm³/mol. The fourth-order valence-corrected chi connectivity index (χ4v) is 3.86. The van der Waals surface area contributed by atoms with Gasteiger partial charge in [-0.05, 0) is 42.5 Å². The van der Waals surface area contributed by atoms with E-state index in [0.29, 0.717) is 18.2 Å². The maximum Gasteiger partial charge on any atom is 0.289 e. The largest absolute Gasteiger partial charge is 0.451 e. The first-order valence-electron chi connectivity index (χ1n) is 9.46. The van der Waals surface area contributed by atoms with Crippen LogP contribution in [0.2, 0.25) is 0 Å². The van der Waals surface area contributed by atoms with Crippen LogP contribution in [0.3, 0.4) is 0 Å². The van der Waals surface area contributed by atoms with Gasteiger partial charge in [0.05, 0.1) is 0 Å². The molecule has 0 atom stereocenters. The number of fused-ring (bicyclic) bond motifs is 1. The molecule has 0 radical (unpaired) electrons. The van der Waals surface area contributed by atoms with Gasteiger partial charge in [-0.25, -0.2) is 0 Å². The molecule has 1 aliphatic carbocycles. The van der Waals surface area contributed by atoms with Crippen LogP contribution in [0.1, 0.15) is 48.2 Å². The highest BCUT2D eigenvalue weighted by molar-refractivity contribution is 5.96. The Kier molecular flexibility index (Phi) is 5.00. The van der Waals surface area contributed by atoms with E-state index >= 15 is 0 Å². The first-order valence-corrected chi connectivity index (χ1v) is 9.46. The summed E-state index contributed by atoms with van der Waals surface area (Å²) in [6, 6.07) is 13.6. The summed E-state index contributed by atoms with van der Waals surface area (Å²) >= 11 is 0. The first-order chi connectivity index (χ1) is 12.8. The third kappa shape index (κ3) is 3.79. The third-order valence-electron chi connectivity index (χ3n) is 5.22. The van der Waals surface area contributed by atoms with Crippen LogP contribution in [-0.4, -0.2) is 22.3 Å². The van der Waals surface area contributed by atoms with Crippen LogP contribution in [-0.2, 0) is 6.54 Å². The monoisotopic (exact) mass is 348 g/mol. The van der Waals surface area contributed by atoms with Crippen molar-refractivity contribution in [2.24, 2.45) is 5.92 Å². The van der Waals surface area contributed by atoms with E-state index in [2.05, 4.69) is 4.98 Å². The quantitative estimate of drug-likeness (QED) is 0.648. The van der Waals surface area contributed by atoms with Crippen LogP contribution >= 0.6 is 0 Å². The topological polar surface area (TPSA) is 46.3 Å². The zero-order chi connectivity index (χ0) is 17.8. The van der Waals surface area contributed by atoms with E-state index < -0.39 is 0 Å². The number of hydrogen-bond acceptors (Lipinski definition) is 3. The van der Waals surface area contributed by atoms with Gasteiger partial charge in [-0.15, -0.1) is 0 Å². The lowest BCUT2D eigenvalue weighted by Gasteiger charge is -2.29. The van der Waals surface area contributed by atoms with Gasteiger partial charge in [0.15, 0.2) is 5.76 Å². The molecule has 1 amide bonds. The van der Waals surface area contributed by atoms with Gasteiger partial charge in [-0.1, -0.05) is 43.5 Å². The minimum absolute atomic E-state index is 0.0318. The van der Waals surface area contributed by atoms with Crippen molar-refractivity contribution in [1.29, 1.82) is 0 Å². The molecule has 1 saturated carbocycles. The van der Waals surface area contributed by atoms with Gasteiger partial charge in [-0.3, -0.25) is 9.78 Å². The molecule has 4 rings (SSSR count). The van der Waals surface area contributed by atoms with Crippen LogP contribution in [0.5, 0.6) is 0 Å². The van der Waals surface area contributed by atoms with Crippen molar-refractivity contribution in [3.05, 3.63) is 66.2 Å². The Balaban J connectivity index is 1.58. The van der Waals surface area contributed by atoms with Crippen LogP contribution < -0.4 is 0 Å². The van der Waals surface area contributed by atoms with E-state index in [1.54, 1.807) is 6.20 Å². The molecule has 3 aromatic rings. The molecule has 0 unspecified atom stereocenters. The Bertz CT molecular complexity index is 833. The highest BCUT2D eigenvalue weighted by atomic mass is 16.3. The summed E-state index contributed by atoms with van der Waals surface area (Å²) in [5, 5.41) is 0.967. The van der Waals surface area contributed by atoms with Crippen molar-refractivity contribution >= 4 is 16.9 Å². The summed E-state index contributed by atoms with van der Waals surface area (Å²) in [7, 11) is 0. The summed E-state index contributed by atoms with van der Waals surface area (Å²) in [6.07, 6.45) is 9.86. The van der Waals surface area contributed by atoms with E-state index in [-0.39, 0.29) is 5.91 Å². The SMILES string of the molecule is O=C(c1cc2ccccc2o1)N(Cc1cccnc1)CC1CCCCC1. The molecule has 0 saturated heterocycles. The molecule has 1 fully saturated rings. The minimum Gasteiger partial charge on any atom is -0.451 e. The molecule has 4 nitrogen and oxygen atoms in total. The Morgan fingerprint density at radius 3 is 2.73 bits per heavy atom. The fourth-order valence-electron chi connectivity index (χ4n) is 3.86. The molecule has 0 aliphatic heterocycles. The molecule has 26 heavy (non-hydrogen) atoms. The van der Waals surface area contributed by atoms with Gasteiger partial charge in [0, 0.05) is 30.9 Å². The number of para-hydroxylation sites is 1. The standard InChI is InChI=1S/C22H24N2O2/c25-22(21-13-19-10-4-5-11-20(19)26-21)24(15-17-7-2-1-3-8-17)16-18-9-6-12-23-14-18/h4-6,9-14,17H,1-3,7-8,15-16H2. The number of nitrogens with zero attached hydrogens (tertiary/aromatic N) is 2. The van der Waals surface area contributed by atoms with E-state index in [1.165, 1.54) is 32.1 Å². The van der Waals surface area contributed by atoms with Crippen molar-refractivity contribution < 1.29 is 9.21 Å². The average Bonchev–Trinajstić information content (AvgIpc) is 3.13. The van der Waals surface area contributed by atoms with Crippen LogP contribution in [0, 0.1) is 5.92 Å². The molecule has 1 aliphatic rings. The number of carbonyl (C=O) groups excluding carboxylic acids is 1. The molecule has 1 aromatic carbocycles. The highest BCUT2D eigenvalue weighted by Gasteiger charge is 2.24. The molecule has 4 heteroatoms. The summed E-state index contributed by atoms with van der Waals surface area (Å²) in [6.45, 7) is 1.35. The summed E-state index contributed by atoms with van der Waals surface area (Å²) < 4.78 is 5.83. The summed E-state index contributed by atoms with van der Waals surface area (Å²) in [5.74, 6) is 0.968. The van der Waals surface area contributed by atoms with Gasteiger partial charge in [0.1, 0.15) is 5.58 Å². The lowest BCUT2D eigenvalue weighted by Crippen LogP contribution is -2.35. The van der Waals surface area contributed by atoms with Gasteiger partial charge in [0.25, 0.3) is 5.91 Å². The lowest BCUT2D eigenvalue weighted by molar-refractivity contribution is 0.0669. The normalized spacial score (nSPS) is 15.2. The van der Waals surface area contributed by atoms with E-state index in [4.69, 9.17) is 4.42 Å². The van der Waals surface area contributed by atoms with Gasteiger partial charge in [0.2, 0.25) is 0 Å². The van der Waals surface area contributed by atoms with Crippen LogP contribution in [0.15, 0.2) is 59.3 Å². The summed E-state index contributed by atoms with van der Waals surface area (Å²) in [4.78, 5) is 19.3. The number of benzene rings is 1. The van der Waals surface area contributed by atoms with Crippen LogP contribution in [0.25, 0.3) is 11.0 Å². The Morgan fingerprint density at radius 2 is 1.96 bits per heavy atom. The first kappa shape index (κ1) is 16.8. The number of aromatic nitrogens is 1. The molecule has 0 spiro atoms. The van der Waals surface area contributed by atoms with Crippen molar-refractivity contribution in [3.8, 4) is 0 Å². The van der Waals surface area contributed by atoms with E-state index in [1.807, 2.05) is 53.6 Å². The van der Waals surface area contributed by atoms with Crippen molar-refractivity contribution in [2.75, 3.05) is 6.54 Å². The lowest BCUT2D eigenvalue weighted by atomic mass is 9.89. The Hall–Kier alpha value is -2.62. The average molecular weight is 348 g/mol. The van der Waals surface area contributed by atoms with Crippen molar-refractivity contribution in [1.82, 2.24) is 9.88 Å². The molecule has 0 bridgehead atoms. The van der Waals surface area contributed by atoms with Crippen molar-refractivity contribution in [3.63, 3.8) is 0 Å². The number of carbonyl (C=O) groups is 1. The number of rotatable bonds is 5.